The van der Waals surface area contributed by atoms with Crippen molar-refractivity contribution in [2.24, 2.45) is 12.8 Å². The zero-order valence-electron chi connectivity index (χ0n) is 17.4. The van der Waals surface area contributed by atoms with Gasteiger partial charge in [0.1, 0.15) is 17.4 Å². The van der Waals surface area contributed by atoms with Crippen LogP contribution in [0.1, 0.15) is 24.0 Å². The second-order valence-corrected chi connectivity index (χ2v) is 8.33. The number of halogens is 1. The van der Waals surface area contributed by atoms with Crippen LogP contribution >= 0.6 is 11.6 Å². The molecule has 0 unspecified atom stereocenters. The molecule has 1 fully saturated rings. The van der Waals surface area contributed by atoms with Crippen molar-refractivity contribution < 1.29 is 4.74 Å². The van der Waals surface area contributed by atoms with Crippen LogP contribution in [0.25, 0.3) is 33.2 Å². The molecule has 2 aromatic heterocycles. The molecular formula is C24H20ClN5O2. The number of nitrogens with one attached hydrogen (secondary N) is 1. The van der Waals surface area contributed by atoms with E-state index in [0.717, 1.165) is 40.6 Å². The van der Waals surface area contributed by atoms with Crippen LogP contribution < -0.4 is 16.0 Å². The van der Waals surface area contributed by atoms with E-state index in [1.807, 2.05) is 19.2 Å². The van der Waals surface area contributed by atoms with Crippen molar-refractivity contribution in [1.29, 1.82) is 5.26 Å². The molecule has 2 heterocycles. The van der Waals surface area contributed by atoms with Crippen LogP contribution in [0.2, 0.25) is 5.02 Å². The van der Waals surface area contributed by atoms with Gasteiger partial charge in [0.15, 0.2) is 0 Å². The molecule has 0 spiro atoms. The molecule has 0 amide bonds. The summed E-state index contributed by atoms with van der Waals surface area (Å²) in [6.45, 7) is 0.297. The molecule has 1 aliphatic carbocycles. The number of rotatable bonds is 5. The highest BCUT2D eigenvalue weighted by Gasteiger charge is 2.27. The van der Waals surface area contributed by atoms with Gasteiger partial charge in [0.05, 0.1) is 18.0 Å². The van der Waals surface area contributed by atoms with E-state index in [4.69, 9.17) is 22.1 Å². The Hall–Kier alpha value is -3.60. The molecule has 1 aliphatic rings. The number of hydrogen-bond donors (Lipinski definition) is 2. The van der Waals surface area contributed by atoms with Gasteiger partial charge in [0.2, 0.25) is 0 Å². The third kappa shape index (κ3) is 3.44. The van der Waals surface area contributed by atoms with E-state index in [2.05, 4.69) is 16.2 Å². The number of aryl methyl sites for hydroxylation is 1. The summed E-state index contributed by atoms with van der Waals surface area (Å²) >= 11 is 6.41. The van der Waals surface area contributed by atoms with E-state index in [1.54, 1.807) is 35.3 Å². The molecule has 5 rings (SSSR count). The summed E-state index contributed by atoms with van der Waals surface area (Å²) in [7, 11) is 1.82. The standard InChI is InChI=1S/C24H20ClN5O2/c1-30-23(19-7-15(25)8-22(20(19)10-27)32-16-3-4-16)21(12-29-30)13-2-5-17-18(6-13)14(9-26)11-28-24(17)31/h2,5-8,11-12,16H,3-4,9,26H2,1H3,(H,28,31). The third-order valence-electron chi connectivity index (χ3n) is 5.71. The van der Waals surface area contributed by atoms with Gasteiger partial charge in [-0.25, -0.2) is 0 Å². The van der Waals surface area contributed by atoms with Crippen LogP contribution in [0.3, 0.4) is 0 Å². The maximum atomic E-state index is 12.3. The predicted molar refractivity (Wildman–Crippen MR) is 123 cm³/mol. The van der Waals surface area contributed by atoms with E-state index in [-0.39, 0.29) is 11.7 Å². The molecule has 1 saturated carbocycles. The Kier molecular flexibility index (Phi) is 4.97. The molecule has 7 nitrogen and oxygen atoms in total. The summed E-state index contributed by atoms with van der Waals surface area (Å²) in [5, 5.41) is 16.2. The average Bonchev–Trinajstić information content (AvgIpc) is 3.52. The molecule has 0 saturated heterocycles. The van der Waals surface area contributed by atoms with Crippen LogP contribution in [0, 0.1) is 11.3 Å². The molecule has 0 aliphatic heterocycles. The van der Waals surface area contributed by atoms with Crippen molar-refractivity contribution in [3.8, 4) is 34.2 Å². The summed E-state index contributed by atoms with van der Waals surface area (Å²) in [4.78, 5) is 15.0. The lowest BCUT2D eigenvalue weighted by Gasteiger charge is -2.14. The Balaban J connectivity index is 1.73. The second-order valence-electron chi connectivity index (χ2n) is 7.89. The van der Waals surface area contributed by atoms with Crippen molar-refractivity contribution in [3.63, 3.8) is 0 Å². The molecule has 4 aromatic rings. The molecule has 3 N–H and O–H groups in total. The minimum absolute atomic E-state index is 0.132. The van der Waals surface area contributed by atoms with Crippen molar-refractivity contribution in [1.82, 2.24) is 14.8 Å². The number of fused-ring (bicyclic) bond motifs is 1. The SMILES string of the molecule is Cn1ncc(-c2ccc3c(=O)[nH]cc(CN)c3c2)c1-c1cc(Cl)cc(OC2CC2)c1C#N. The molecule has 0 bridgehead atoms. The van der Waals surface area contributed by atoms with Crippen molar-refractivity contribution in [2.45, 2.75) is 25.5 Å². The Bertz CT molecular complexity index is 1460. The fraction of sp³-hybridized carbons (Fsp3) is 0.208. The van der Waals surface area contributed by atoms with Gasteiger partial charge in [-0.3, -0.25) is 9.48 Å². The minimum Gasteiger partial charge on any atom is -0.489 e. The third-order valence-corrected chi connectivity index (χ3v) is 5.93. The van der Waals surface area contributed by atoms with Gasteiger partial charge >= 0.3 is 0 Å². The molecule has 160 valence electrons. The summed E-state index contributed by atoms with van der Waals surface area (Å²) in [6, 6.07) is 11.3. The second kappa shape index (κ2) is 7.83. The number of aromatic amines is 1. The molecule has 0 radical (unpaired) electrons. The zero-order chi connectivity index (χ0) is 22.4. The lowest BCUT2D eigenvalue weighted by atomic mass is 9.95. The maximum Gasteiger partial charge on any atom is 0.255 e. The summed E-state index contributed by atoms with van der Waals surface area (Å²) in [6.07, 6.45) is 5.47. The monoisotopic (exact) mass is 445 g/mol. The van der Waals surface area contributed by atoms with Crippen LogP contribution in [0.4, 0.5) is 0 Å². The minimum atomic E-state index is -0.168. The van der Waals surface area contributed by atoms with E-state index < -0.39 is 0 Å². The fourth-order valence-electron chi connectivity index (χ4n) is 3.96. The first kappa shape index (κ1) is 20.3. The first-order valence-corrected chi connectivity index (χ1v) is 10.7. The number of nitrogens with zero attached hydrogens (tertiary/aromatic N) is 3. The zero-order valence-corrected chi connectivity index (χ0v) is 18.1. The van der Waals surface area contributed by atoms with E-state index in [1.165, 1.54) is 0 Å². The maximum absolute atomic E-state index is 12.3. The number of ether oxygens (including phenoxy) is 1. The predicted octanol–water partition coefficient (Wildman–Crippen LogP) is 4.12. The quantitative estimate of drug-likeness (QED) is 0.480. The normalized spacial score (nSPS) is 13.3. The fourth-order valence-corrected chi connectivity index (χ4v) is 4.17. The highest BCUT2D eigenvalue weighted by Crippen LogP contribution is 2.40. The Morgan fingerprint density at radius 1 is 1.28 bits per heavy atom. The summed E-state index contributed by atoms with van der Waals surface area (Å²) < 4.78 is 7.68. The topological polar surface area (TPSA) is 110 Å². The van der Waals surface area contributed by atoms with E-state index in [9.17, 15) is 10.1 Å². The largest absolute Gasteiger partial charge is 0.489 e. The number of nitriles is 1. The number of benzene rings is 2. The molecule has 32 heavy (non-hydrogen) atoms. The first-order chi connectivity index (χ1) is 15.5. The summed E-state index contributed by atoms with van der Waals surface area (Å²) in [5.41, 5.74) is 10.0. The number of nitrogens with two attached hydrogens (primary N) is 1. The molecular weight excluding hydrogens is 426 g/mol. The Morgan fingerprint density at radius 3 is 2.81 bits per heavy atom. The highest BCUT2D eigenvalue weighted by atomic mass is 35.5. The average molecular weight is 446 g/mol. The Morgan fingerprint density at radius 2 is 2.09 bits per heavy atom. The first-order valence-electron chi connectivity index (χ1n) is 10.3. The molecule has 2 aromatic carbocycles. The lowest BCUT2D eigenvalue weighted by molar-refractivity contribution is 0.302. The number of H-pyrrole nitrogens is 1. The van der Waals surface area contributed by atoms with Crippen molar-refractivity contribution in [2.75, 3.05) is 0 Å². The number of pyridine rings is 1. The van der Waals surface area contributed by atoms with Crippen molar-refractivity contribution >= 4 is 22.4 Å². The van der Waals surface area contributed by atoms with E-state index in [0.29, 0.717) is 33.8 Å². The summed E-state index contributed by atoms with van der Waals surface area (Å²) in [5.74, 6) is 0.486. The lowest BCUT2D eigenvalue weighted by Crippen LogP contribution is -2.09. The highest BCUT2D eigenvalue weighted by molar-refractivity contribution is 6.31. The van der Waals surface area contributed by atoms with Crippen LogP contribution in [0.5, 0.6) is 5.75 Å². The van der Waals surface area contributed by atoms with Gasteiger partial charge in [-0.15, -0.1) is 0 Å². The van der Waals surface area contributed by atoms with Gasteiger partial charge < -0.3 is 15.5 Å². The van der Waals surface area contributed by atoms with Crippen LogP contribution in [0.15, 0.2) is 47.5 Å². The Labute approximate surface area is 189 Å². The smallest absolute Gasteiger partial charge is 0.255 e. The molecule has 8 heteroatoms. The van der Waals surface area contributed by atoms with Gasteiger partial charge in [-0.1, -0.05) is 17.7 Å². The van der Waals surface area contributed by atoms with Gasteiger partial charge in [0.25, 0.3) is 5.56 Å². The van der Waals surface area contributed by atoms with Gasteiger partial charge in [0, 0.05) is 47.4 Å². The van der Waals surface area contributed by atoms with Crippen molar-refractivity contribution in [3.05, 3.63) is 69.2 Å². The number of aromatic nitrogens is 3. The van der Waals surface area contributed by atoms with Gasteiger partial charge in [-0.2, -0.15) is 10.4 Å². The molecule has 0 atom stereocenters. The van der Waals surface area contributed by atoms with Gasteiger partial charge in [-0.05, 0) is 47.6 Å². The number of hydrogen-bond acceptors (Lipinski definition) is 5. The van der Waals surface area contributed by atoms with Crippen LogP contribution in [-0.2, 0) is 13.6 Å². The van der Waals surface area contributed by atoms with Crippen LogP contribution in [-0.4, -0.2) is 20.9 Å². The van der Waals surface area contributed by atoms with E-state index >= 15 is 0 Å².